The van der Waals surface area contributed by atoms with Gasteiger partial charge in [0.15, 0.2) is 5.75 Å². The molecular weight excluding hydrogens is 452 g/mol. The van der Waals surface area contributed by atoms with Crippen LogP contribution in [0.1, 0.15) is 42.5 Å². The molecular formula is C30H28N2O4. The molecule has 0 aromatic heterocycles. The van der Waals surface area contributed by atoms with Crippen molar-refractivity contribution in [2.45, 2.75) is 38.2 Å². The first kappa shape index (κ1) is 23.4. The molecule has 0 saturated heterocycles. The maximum atomic E-state index is 13.5. The van der Waals surface area contributed by atoms with Gasteiger partial charge in [-0.25, -0.2) is 4.79 Å². The van der Waals surface area contributed by atoms with Gasteiger partial charge in [0, 0.05) is 22.1 Å². The van der Waals surface area contributed by atoms with E-state index >= 15 is 0 Å². The zero-order valence-corrected chi connectivity index (χ0v) is 19.9. The van der Waals surface area contributed by atoms with Crippen LogP contribution in [0.4, 0.5) is 16.2 Å². The van der Waals surface area contributed by atoms with Crippen LogP contribution in [-0.2, 0) is 0 Å². The van der Waals surface area contributed by atoms with E-state index in [1.54, 1.807) is 30.3 Å². The molecule has 5 rings (SSSR count). The Balaban J connectivity index is 1.54. The van der Waals surface area contributed by atoms with Crippen LogP contribution in [0, 0.1) is 0 Å². The maximum Gasteiger partial charge on any atom is 0.417 e. The van der Waals surface area contributed by atoms with Crippen LogP contribution < -0.4 is 20.1 Å². The quantitative estimate of drug-likeness (QED) is 0.301. The highest BCUT2D eigenvalue weighted by molar-refractivity contribution is 6.12. The molecule has 182 valence electrons. The smallest absolute Gasteiger partial charge is 0.417 e. The Morgan fingerprint density at radius 1 is 0.694 bits per heavy atom. The molecule has 4 aromatic carbocycles. The predicted octanol–water partition coefficient (Wildman–Crippen LogP) is 7.41. The molecule has 1 aliphatic rings. The van der Waals surface area contributed by atoms with Crippen LogP contribution in [-0.4, -0.2) is 18.1 Å². The number of fused-ring (bicyclic) bond motifs is 1. The Hall–Kier alpha value is -4.32. The number of hydrogen-bond donors (Lipinski definition) is 2. The van der Waals surface area contributed by atoms with Crippen LogP contribution in [0.25, 0.3) is 10.8 Å². The third-order valence-corrected chi connectivity index (χ3v) is 6.29. The zero-order valence-electron chi connectivity index (χ0n) is 19.9. The first-order valence-electron chi connectivity index (χ1n) is 12.3. The molecule has 1 saturated carbocycles. The van der Waals surface area contributed by atoms with Crippen molar-refractivity contribution in [1.29, 1.82) is 0 Å². The molecule has 0 atom stereocenters. The van der Waals surface area contributed by atoms with Crippen LogP contribution in [0.2, 0.25) is 0 Å². The Kier molecular flexibility index (Phi) is 7.12. The second kappa shape index (κ2) is 11.0. The molecule has 0 bridgehead atoms. The minimum Gasteiger partial charge on any atom is -0.490 e. The molecule has 4 aromatic rings. The summed E-state index contributed by atoms with van der Waals surface area (Å²) < 4.78 is 12.2. The van der Waals surface area contributed by atoms with Crippen LogP contribution in [0.3, 0.4) is 0 Å². The number of benzene rings is 4. The average Bonchev–Trinajstić information content (AvgIpc) is 2.91. The molecule has 0 spiro atoms. The van der Waals surface area contributed by atoms with Gasteiger partial charge in [-0.05, 0) is 56.0 Å². The van der Waals surface area contributed by atoms with E-state index in [1.165, 1.54) is 6.42 Å². The third kappa shape index (κ3) is 5.49. The van der Waals surface area contributed by atoms with Gasteiger partial charge in [0.1, 0.15) is 5.75 Å². The van der Waals surface area contributed by atoms with Gasteiger partial charge < -0.3 is 14.8 Å². The van der Waals surface area contributed by atoms with E-state index in [2.05, 4.69) is 10.6 Å². The summed E-state index contributed by atoms with van der Waals surface area (Å²) in [4.78, 5) is 26.3. The van der Waals surface area contributed by atoms with Crippen molar-refractivity contribution in [2.75, 3.05) is 10.6 Å². The van der Waals surface area contributed by atoms with Gasteiger partial charge in [-0.1, -0.05) is 67.1 Å². The molecule has 2 N–H and O–H groups in total. The topological polar surface area (TPSA) is 76.7 Å². The molecule has 6 nitrogen and oxygen atoms in total. The van der Waals surface area contributed by atoms with E-state index in [0.717, 1.165) is 31.1 Å². The predicted molar refractivity (Wildman–Crippen MR) is 142 cm³/mol. The lowest BCUT2D eigenvalue weighted by atomic mass is 9.97. The largest absolute Gasteiger partial charge is 0.490 e. The number of carbonyl (C=O) groups excluding carboxylic acids is 2. The van der Waals surface area contributed by atoms with Crippen molar-refractivity contribution in [1.82, 2.24) is 0 Å². The van der Waals surface area contributed by atoms with Gasteiger partial charge in [0.2, 0.25) is 0 Å². The zero-order chi connectivity index (χ0) is 24.7. The standard InChI is InChI=1S/C30H28N2O4/c33-29(31-21-12-4-1-5-13-21)26-20-27(35-23-16-8-3-9-17-23)24-18-10-11-19-25(24)28(26)36-30(34)32-22-14-6-2-7-15-22/h1-2,4-7,10-15,18-20,23H,3,8-9,16-17H2,(H,31,33)(H,32,34). The van der Waals surface area contributed by atoms with Crippen molar-refractivity contribution >= 4 is 34.1 Å². The van der Waals surface area contributed by atoms with Gasteiger partial charge in [0.05, 0.1) is 11.7 Å². The Bertz CT molecular complexity index is 1350. The molecule has 2 amide bonds. The lowest BCUT2D eigenvalue weighted by Gasteiger charge is -2.25. The van der Waals surface area contributed by atoms with Crippen molar-refractivity contribution in [3.05, 3.63) is 96.6 Å². The van der Waals surface area contributed by atoms with Crippen molar-refractivity contribution in [3.8, 4) is 11.5 Å². The SMILES string of the molecule is O=C(Nc1ccccc1)Oc1c(C(=O)Nc2ccccc2)cc(OC2CCCCC2)c2ccccc12. The van der Waals surface area contributed by atoms with E-state index in [-0.39, 0.29) is 23.3 Å². The lowest BCUT2D eigenvalue weighted by Crippen LogP contribution is -2.22. The Labute approximate surface area is 210 Å². The van der Waals surface area contributed by atoms with Crippen LogP contribution in [0.15, 0.2) is 91.0 Å². The van der Waals surface area contributed by atoms with Crippen molar-refractivity contribution < 1.29 is 19.1 Å². The number of ether oxygens (including phenoxy) is 2. The highest BCUT2D eigenvalue weighted by Crippen LogP contribution is 2.39. The fraction of sp³-hybridized carbons (Fsp3) is 0.200. The van der Waals surface area contributed by atoms with E-state index in [9.17, 15) is 9.59 Å². The second-order valence-electron chi connectivity index (χ2n) is 8.88. The number of amides is 2. The highest BCUT2D eigenvalue weighted by Gasteiger charge is 2.24. The number of para-hydroxylation sites is 2. The van der Waals surface area contributed by atoms with E-state index in [0.29, 0.717) is 22.5 Å². The number of anilines is 2. The fourth-order valence-electron chi connectivity index (χ4n) is 4.53. The Morgan fingerprint density at radius 3 is 1.94 bits per heavy atom. The van der Waals surface area contributed by atoms with E-state index in [4.69, 9.17) is 9.47 Å². The molecule has 1 fully saturated rings. The first-order valence-corrected chi connectivity index (χ1v) is 12.3. The second-order valence-corrected chi connectivity index (χ2v) is 8.88. The molecule has 36 heavy (non-hydrogen) atoms. The van der Waals surface area contributed by atoms with Crippen molar-refractivity contribution in [2.24, 2.45) is 0 Å². The van der Waals surface area contributed by atoms with Crippen LogP contribution >= 0.6 is 0 Å². The molecule has 0 unspecified atom stereocenters. The van der Waals surface area contributed by atoms with E-state index < -0.39 is 6.09 Å². The minimum atomic E-state index is -0.680. The number of rotatable bonds is 6. The van der Waals surface area contributed by atoms with Gasteiger partial charge >= 0.3 is 6.09 Å². The monoisotopic (exact) mass is 480 g/mol. The lowest BCUT2D eigenvalue weighted by molar-refractivity contribution is 0.102. The van der Waals surface area contributed by atoms with Gasteiger partial charge in [-0.3, -0.25) is 10.1 Å². The highest BCUT2D eigenvalue weighted by atomic mass is 16.6. The van der Waals surface area contributed by atoms with Crippen LogP contribution in [0.5, 0.6) is 11.5 Å². The fourth-order valence-corrected chi connectivity index (χ4v) is 4.53. The van der Waals surface area contributed by atoms with Gasteiger partial charge in [-0.2, -0.15) is 0 Å². The summed E-state index contributed by atoms with van der Waals surface area (Å²) in [6.45, 7) is 0. The Morgan fingerprint density at radius 2 is 1.28 bits per heavy atom. The maximum absolute atomic E-state index is 13.5. The normalized spacial score (nSPS) is 13.7. The minimum absolute atomic E-state index is 0.0975. The molecule has 0 radical (unpaired) electrons. The van der Waals surface area contributed by atoms with Crippen molar-refractivity contribution in [3.63, 3.8) is 0 Å². The molecule has 0 heterocycles. The molecule has 0 aliphatic heterocycles. The summed E-state index contributed by atoms with van der Waals surface area (Å²) in [5.74, 6) is 0.415. The number of carbonyl (C=O) groups is 2. The first-order chi connectivity index (χ1) is 17.7. The number of hydrogen-bond acceptors (Lipinski definition) is 4. The summed E-state index contributed by atoms with van der Waals surface area (Å²) >= 11 is 0. The molecule has 6 heteroatoms. The van der Waals surface area contributed by atoms with Gasteiger partial charge in [0.25, 0.3) is 5.91 Å². The van der Waals surface area contributed by atoms with E-state index in [1.807, 2.05) is 60.7 Å². The average molecular weight is 481 g/mol. The third-order valence-electron chi connectivity index (χ3n) is 6.29. The number of nitrogens with one attached hydrogen (secondary N) is 2. The van der Waals surface area contributed by atoms with Gasteiger partial charge in [-0.15, -0.1) is 0 Å². The summed E-state index contributed by atoms with van der Waals surface area (Å²) in [6.07, 6.45) is 4.86. The summed E-state index contributed by atoms with van der Waals surface area (Å²) in [5, 5.41) is 7.06. The summed E-state index contributed by atoms with van der Waals surface area (Å²) in [6, 6.07) is 27.4. The summed E-state index contributed by atoms with van der Waals surface area (Å²) in [5.41, 5.74) is 1.47. The molecule has 1 aliphatic carbocycles. The summed E-state index contributed by atoms with van der Waals surface area (Å²) in [7, 11) is 0.